The monoisotopic (exact) mass is 176 g/mol. The summed E-state index contributed by atoms with van der Waals surface area (Å²) >= 11 is 0. The number of aliphatic hydroxyl groups excluding tert-OH is 1. The lowest BCUT2D eigenvalue weighted by atomic mass is 9.73. The first-order valence-corrected chi connectivity index (χ1v) is 3.82. The number of piperidine rings is 1. The number of hydrogen-bond acceptors (Lipinski definition) is 5. The van der Waals surface area contributed by atoms with Crippen LogP contribution in [0, 0.1) is 45.3 Å². The quantitative estimate of drug-likeness (QED) is 0.516. The smallest absolute Gasteiger partial charge is 0.164 e. The summed E-state index contributed by atoms with van der Waals surface area (Å²) in [6.45, 7) is 0.179. The molecular formula is C8H8N4O. The second kappa shape index (κ2) is 3.41. The Kier molecular flexibility index (Phi) is 2.49. The predicted octanol–water partition coefficient (Wildman–Crippen LogP) is -0.529. The van der Waals surface area contributed by atoms with Gasteiger partial charge in [0.15, 0.2) is 5.41 Å². The average molecular weight is 176 g/mol. The van der Waals surface area contributed by atoms with E-state index in [1.54, 1.807) is 0 Å². The summed E-state index contributed by atoms with van der Waals surface area (Å²) in [5.74, 6) is -0.675. The molecule has 1 saturated heterocycles. The summed E-state index contributed by atoms with van der Waals surface area (Å²) in [5.41, 5.74) is -1.36. The van der Waals surface area contributed by atoms with Crippen molar-refractivity contribution >= 4 is 0 Å². The number of aliphatic hydroxyl groups is 1. The van der Waals surface area contributed by atoms with Crippen LogP contribution in [0.2, 0.25) is 0 Å². The van der Waals surface area contributed by atoms with Crippen molar-refractivity contribution in [3.8, 4) is 18.2 Å². The fourth-order valence-corrected chi connectivity index (χ4v) is 1.38. The van der Waals surface area contributed by atoms with Gasteiger partial charge in [0.2, 0.25) is 0 Å². The standard InChI is InChI=1S/C8H8N4O/c9-2-6-3-12-7(13)1-8(6,4-10)5-11/h6-7,12-13H,1,3H2. The molecule has 5 heteroatoms. The Hall–Kier alpha value is -1.61. The third-order valence-electron chi connectivity index (χ3n) is 2.22. The summed E-state index contributed by atoms with van der Waals surface area (Å²) in [5, 5.41) is 38.1. The zero-order valence-corrected chi connectivity index (χ0v) is 6.86. The van der Waals surface area contributed by atoms with Crippen molar-refractivity contribution in [3.05, 3.63) is 0 Å². The van der Waals surface area contributed by atoms with Gasteiger partial charge in [-0.05, 0) is 0 Å². The summed E-state index contributed by atoms with van der Waals surface area (Å²) in [4.78, 5) is 0. The first-order chi connectivity index (χ1) is 6.18. The second-order valence-corrected chi connectivity index (χ2v) is 3.00. The molecule has 1 aliphatic rings. The Balaban J connectivity index is 2.98. The van der Waals surface area contributed by atoms with Crippen molar-refractivity contribution in [2.24, 2.45) is 11.3 Å². The molecule has 66 valence electrons. The van der Waals surface area contributed by atoms with Gasteiger partial charge in [0.1, 0.15) is 6.23 Å². The molecule has 0 spiro atoms. The lowest BCUT2D eigenvalue weighted by molar-refractivity contribution is 0.0591. The van der Waals surface area contributed by atoms with Crippen LogP contribution in [0.15, 0.2) is 0 Å². The van der Waals surface area contributed by atoms with Gasteiger partial charge >= 0.3 is 0 Å². The van der Waals surface area contributed by atoms with E-state index < -0.39 is 17.6 Å². The lowest BCUT2D eigenvalue weighted by Gasteiger charge is -2.32. The van der Waals surface area contributed by atoms with Gasteiger partial charge in [0, 0.05) is 13.0 Å². The number of nitrogens with one attached hydrogen (secondary N) is 1. The molecule has 1 fully saturated rings. The van der Waals surface area contributed by atoms with Gasteiger partial charge < -0.3 is 5.11 Å². The Labute approximate surface area is 75.8 Å². The van der Waals surface area contributed by atoms with Gasteiger partial charge in [0.25, 0.3) is 0 Å². The van der Waals surface area contributed by atoms with E-state index in [1.165, 1.54) is 0 Å². The Morgan fingerprint density at radius 1 is 1.31 bits per heavy atom. The molecule has 0 amide bonds. The topological polar surface area (TPSA) is 104 Å². The normalized spacial score (nSPS) is 30.9. The number of rotatable bonds is 0. The lowest BCUT2D eigenvalue weighted by Crippen LogP contribution is -2.48. The second-order valence-electron chi connectivity index (χ2n) is 3.00. The van der Waals surface area contributed by atoms with E-state index in [-0.39, 0.29) is 13.0 Å². The summed E-state index contributed by atoms with van der Waals surface area (Å²) in [6, 6.07) is 5.53. The van der Waals surface area contributed by atoms with Crippen LogP contribution in [0.3, 0.4) is 0 Å². The molecule has 0 aliphatic carbocycles. The van der Waals surface area contributed by atoms with E-state index in [4.69, 9.17) is 15.8 Å². The maximum atomic E-state index is 9.20. The van der Waals surface area contributed by atoms with Gasteiger partial charge in [-0.25, -0.2) is 0 Å². The van der Waals surface area contributed by atoms with Crippen molar-refractivity contribution in [1.29, 1.82) is 15.8 Å². The molecule has 0 bridgehead atoms. The molecule has 0 aromatic heterocycles. The largest absolute Gasteiger partial charge is 0.379 e. The molecule has 2 N–H and O–H groups in total. The molecule has 1 aliphatic heterocycles. The van der Waals surface area contributed by atoms with Crippen LogP contribution >= 0.6 is 0 Å². The van der Waals surface area contributed by atoms with Crippen molar-refractivity contribution in [2.75, 3.05) is 6.54 Å². The minimum absolute atomic E-state index is 0.0156. The van der Waals surface area contributed by atoms with Crippen molar-refractivity contribution in [3.63, 3.8) is 0 Å². The van der Waals surface area contributed by atoms with Gasteiger partial charge in [-0.2, -0.15) is 15.8 Å². The van der Waals surface area contributed by atoms with Gasteiger partial charge in [-0.3, -0.25) is 5.32 Å². The van der Waals surface area contributed by atoms with Crippen LogP contribution in [0.25, 0.3) is 0 Å². The highest BCUT2D eigenvalue weighted by atomic mass is 16.3. The Morgan fingerprint density at radius 3 is 2.38 bits per heavy atom. The highest BCUT2D eigenvalue weighted by molar-refractivity contribution is 5.23. The zero-order chi connectivity index (χ0) is 9.90. The molecule has 5 nitrogen and oxygen atoms in total. The zero-order valence-electron chi connectivity index (χ0n) is 6.86. The van der Waals surface area contributed by atoms with E-state index in [1.807, 2.05) is 18.2 Å². The molecule has 0 radical (unpaired) electrons. The number of nitriles is 3. The average Bonchev–Trinajstić information content (AvgIpc) is 2.17. The van der Waals surface area contributed by atoms with E-state index >= 15 is 0 Å². The summed E-state index contributed by atoms with van der Waals surface area (Å²) < 4.78 is 0. The molecule has 1 heterocycles. The molecule has 1 rings (SSSR count). The van der Waals surface area contributed by atoms with Crippen LogP contribution in [0.5, 0.6) is 0 Å². The van der Waals surface area contributed by atoms with Crippen molar-refractivity contribution in [1.82, 2.24) is 5.32 Å². The minimum atomic E-state index is -1.36. The minimum Gasteiger partial charge on any atom is -0.379 e. The Morgan fingerprint density at radius 2 is 1.92 bits per heavy atom. The third kappa shape index (κ3) is 1.46. The maximum absolute atomic E-state index is 9.20. The molecule has 2 atom stereocenters. The van der Waals surface area contributed by atoms with E-state index in [9.17, 15) is 5.11 Å². The van der Waals surface area contributed by atoms with E-state index in [2.05, 4.69) is 5.32 Å². The maximum Gasteiger partial charge on any atom is 0.164 e. The van der Waals surface area contributed by atoms with Crippen LogP contribution in [-0.4, -0.2) is 17.9 Å². The van der Waals surface area contributed by atoms with Crippen LogP contribution < -0.4 is 5.32 Å². The third-order valence-corrected chi connectivity index (χ3v) is 2.22. The van der Waals surface area contributed by atoms with Crippen LogP contribution in [0.4, 0.5) is 0 Å². The summed E-state index contributed by atoms with van der Waals surface area (Å²) in [6.07, 6.45) is -0.887. The van der Waals surface area contributed by atoms with Gasteiger partial charge in [-0.1, -0.05) is 0 Å². The molecular weight excluding hydrogens is 168 g/mol. The highest BCUT2D eigenvalue weighted by Gasteiger charge is 2.45. The molecule has 0 aromatic rings. The van der Waals surface area contributed by atoms with Gasteiger partial charge in [-0.15, -0.1) is 0 Å². The molecule has 2 unspecified atom stereocenters. The fraction of sp³-hybridized carbons (Fsp3) is 0.625. The van der Waals surface area contributed by atoms with Crippen LogP contribution in [-0.2, 0) is 0 Å². The van der Waals surface area contributed by atoms with E-state index in [0.717, 1.165) is 0 Å². The number of hydrogen-bond donors (Lipinski definition) is 2. The van der Waals surface area contributed by atoms with E-state index in [0.29, 0.717) is 0 Å². The Bertz CT molecular complexity index is 305. The predicted molar refractivity (Wildman–Crippen MR) is 41.4 cm³/mol. The first-order valence-electron chi connectivity index (χ1n) is 3.82. The first kappa shape index (κ1) is 9.48. The molecule has 13 heavy (non-hydrogen) atoms. The van der Waals surface area contributed by atoms with Crippen molar-refractivity contribution in [2.45, 2.75) is 12.6 Å². The fourth-order valence-electron chi connectivity index (χ4n) is 1.38. The SMILES string of the molecule is N#CC1CNC(O)CC1(C#N)C#N. The van der Waals surface area contributed by atoms with Gasteiger partial charge in [0.05, 0.1) is 24.1 Å². The van der Waals surface area contributed by atoms with Crippen molar-refractivity contribution < 1.29 is 5.11 Å². The highest BCUT2D eigenvalue weighted by Crippen LogP contribution is 2.33. The molecule has 0 aromatic carbocycles. The molecule has 0 saturated carbocycles. The number of nitrogens with zero attached hydrogens (tertiary/aromatic N) is 3. The van der Waals surface area contributed by atoms with Crippen LogP contribution in [0.1, 0.15) is 6.42 Å². The summed E-state index contributed by atoms with van der Waals surface area (Å²) in [7, 11) is 0.